The maximum atomic E-state index is 6.79. The van der Waals surface area contributed by atoms with Crippen LogP contribution in [0.2, 0.25) is 0 Å². The minimum atomic E-state index is -0.0738. The van der Waals surface area contributed by atoms with Gasteiger partial charge in [0.25, 0.3) is 0 Å². The van der Waals surface area contributed by atoms with Crippen LogP contribution in [-0.4, -0.2) is 9.55 Å². The van der Waals surface area contributed by atoms with Crippen molar-refractivity contribution in [2.24, 2.45) is 0 Å². The molecule has 0 spiro atoms. The number of hydrogen-bond donors (Lipinski definition) is 0. The first-order valence-corrected chi connectivity index (χ1v) is 24.1. The van der Waals surface area contributed by atoms with Gasteiger partial charge in [-0.1, -0.05) is 116 Å². The van der Waals surface area contributed by atoms with Crippen LogP contribution in [0.25, 0.3) is 71.8 Å². The van der Waals surface area contributed by atoms with Gasteiger partial charge in [-0.3, -0.25) is 0 Å². The van der Waals surface area contributed by atoms with E-state index in [9.17, 15) is 0 Å². The molecule has 7 heteroatoms. The third-order valence-corrected chi connectivity index (χ3v) is 14.0. The Balaban J connectivity index is 0.00000547. The standard InChI is InChI=1S/C64H53N4O2.Pt/c1-38-30-40(3)59(41(4)31-38)51-19-15-20-52(60-42(5)32-39(2)33-43(60)6)62(51)67-37-66(53-21-11-12-22-54(53)67)45-16-14-17-46(35-45)69-47-24-25-50-56(36-47)68(58-34-44(28-29-65-58)64(7,8)9)55-27-26-49-48-18-10-13-23-57(48)70-63(49)61(50)55;/h10-34,37H,1-9H3;/q-3;. The molecule has 0 aliphatic carbocycles. The first-order valence-electron chi connectivity index (χ1n) is 24.1. The Morgan fingerprint density at radius 3 is 1.86 bits per heavy atom. The van der Waals surface area contributed by atoms with Gasteiger partial charge in [-0.05, 0) is 134 Å². The zero-order valence-electron chi connectivity index (χ0n) is 41.4. The fraction of sp³-hybridized carbons (Fsp3) is 0.156. The van der Waals surface area contributed by atoms with E-state index in [1.54, 1.807) is 0 Å². The smallest absolute Gasteiger partial charge is 0.135 e. The Morgan fingerprint density at radius 2 is 1.18 bits per heavy atom. The van der Waals surface area contributed by atoms with Crippen molar-refractivity contribution in [3.05, 3.63) is 210 Å². The number of rotatable bonds is 7. The topological polar surface area (TPSA) is 46.7 Å². The van der Waals surface area contributed by atoms with Crippen molar-refractivity contribution in [3.8, 4) is 39.6 Å². The Kier molecular flexibility index (Phi) is 11.3. The summed E-state index contributed by atoms with van der Waals surface area (Å²) in [5.74, 6) is 1.95. The van der Waals surface area contributed by atoms with E-state index in [0.717, 1.165) is 72.3 Å². The number of furan rings is 1. The summed E-state index contributed by atoms with van der Waals surface area (Å²) in [4.78, 5) is 9.56. The average molecular weight is 1110 g/mol. The predicted molar refractivity (Wildman–Crippen MR) is 289 cm³/mol. The summed E-state index contributed by atoms with van der Waals surface area (Å²) in [6.07, 6.45) is 1.90. The van der Waals surface area contributed by atoms with E-state index in [2.05, 4.69) is 211 Å². The predicted octanol–water partition coefficient (Wildman–Crippen LogP) is 17.4. The summed E-state index contributed by atoms with van der Waals surface area (Å²) in [5, 5.41) is 4.18. The normalized spacial score (nSPS) is 12.6. The van der Waals surface area contributed by atoms with E-state index in [4.69, 9.17) is 14.1 Å². The van der Waals surface area contributed by atoms with E-state index >= 15 is 0 Å². The molecule has 0 amide bonds. The van der Waals surface area contributed by atoms with E-state index in [1.165, 1.54) is 61.2 Å². The molecular weight excluding hydrogens is 1050 g/mol. The number of nitrogens with zero attached hydrogens (tertiary/aromatic N) is 4. The summed E-state index contributed by atoms with van der Waals surface area (Å²) < 4.78 is 15.6. The van der Waals surface area contributed by atoms with Crippen LogP contribution in [0.5, 0.6) is 11.5 Å². The molecule has 8 aromatic carbocycles. The van der Waals surface area contributed by atoms with Gasteiger partial charge in [0.05, 0.1) is 0 Å². The molecule has 0 fully saturated rings. The molecule has 71 heavy (non-hydrogen) atoms. The Morgan fingerprint density at radius 1 is 0.577 bits per heavy atom. The van der Waals surface area contributed by atoms with Gasteiger partial charge >= 0.3 is 0 Å². The molecule has 354 valence electrons. The molecule has 0 saturated carbocycles. The molecule has 0 bridgehead atoms. The summed E-state index contributed by atoms with van der Waals surface area (Å²) in [5.41, 5.74) is 21.2. The van der Waals surface area contributed by atoms with Crippen LogP contribution in [0.1, 0.15) is 59.7 Å². The Labute approximate surface area is 430 Å². The molecule has 0 atom stereocenters. The first-order chi connectivity index (χ1) is 33.8. The quantitative estimate of drug-likeness (QED) is 0.149. The van der Waals surface area contributed by atoms with Crippen molar-refractivity contribution in [1.82, 2.24) is 9.55 Å². The van der Waals surface area contributed by atoms with Crippen molar-refractivity contribution in [2.75, 3.05) is 9.80 Å². The number of fused-ring (bicyclic) bond motifs is 8. The Bertz CT molecular complexity index is 3810. The molecule has 0 radical (unpaired) electrons. The van der Waals surface area contributed by atoms with Crippen LogP contribution in [0, 0.1) is 60.3 Å². The monoisotopic (exact) mass is 1100 g/mol. The third-order valence-electron chi connectivity index (χ3n) is 14.0. The zero-order chi connectivity index (χ0) is 48.2. The zero-order valence-corrected chi connectivity index (χ0v) is 43.7. The number of hydrogen-bond acceptors (Lipinski definition) is 5. The molecule has 1 aliphatic heterocycles. The minimum Gasteiger partial charge on any atom is -0.509 e. The summed E-state index contributed by atoms with van der Waals surface area (Å²) in [6.45, 7) is 22.2. The molecule has 1 aliphatic rings. The van der Waals surface area contributed by atoms with Crippen molar-refractivity contribution < 1.29 is 30.2 Å². The van der Waals surface area contributed by atoms with Crippen LogP contribution in [0.3, 0.4) is 0 Å². The van der Waals surface area contributed by atoms with Crippen molar-refractivity contribution >= 4 is 66.5 Å². The summed E-state index contributed by atoms with van der Waals surface area (Å²) >= 11 is 0. The molecule has 11 aromatic rings. The minimum absolute atomic E-state index is 0. The number of ether oxygens (including phenoxy) is 1. The maximum absolute atomic E-state index is 6.79. The molecule has 12 rings (SSSR count). The van der Waals surface area contributed by atoms with E-state index in [-0.39, 0.29) is 26.5 Å². The van der Waals surface area contributed by atoms with Gasteiger partial charge < -0.3 is 23.5 Å². The fourth-order valence-corrected chi connectivity index (χ4v) is 11.1. The third kappa shape index (κ3) is 7.72. The molecular formula is C64H53N4O2Pt-3. The second-order valence-corrected chi connectivity index (χ2v) is 20.1. The van der Waals surface area contributed by atoms with Gasteiger partial charge in [-0.2, -0.15) is 12.1 Å². The fourth-order valence-electron chi connectivity index (χ4n) is 11.1. The number of para-hydroxylation sites is 4. The summed E-state index contributed by atoms with van der Waals surface area (Å²) in [6, 6.07) is 59.0. The number of anilines is 4. The van der Waals surface area contributed by atoms with Gasteiger partial charge in [-0.25, -0.2) is 4.98 Å². The van der Waals surface area contributed by atoms with E-state index < -0.39 is 0 Å². The largest absolute Gasteiger partial charge is 0.509 e. The van der Waals surface area contributed by atoms with Gasteiger partial charge in [-0.15, -0.1) is 42.7 Å². The number of pyridine rings is 1. The molecule has 3 aromatic heterocycles. The van der Waals surface area contributed by atoms with Gasteiger partial charge in [0, 0.05) is 83.2 Å². The van der Waals surface area contributed by atoms with Crippen LogP contribution in [-0.2, 0) is 26.5 Å². The van der Waals surface area contributed by atoms with Gasteiger partial charge in [0.2, 0.25) is 0 Å². The van der Waals surface area contributed by atoms with Crippen LogP contribution < -0.4 is 14.5 Å². The van der Waals surface area contributed by atoms with E-state index in [0.29, 0.717) is 11.5 Å². The molecule has 4 heterocycles. The summed E-state index contributed by atoms with van der Waals surface area (Å²) in [7, 11) is 0. The number of aromatic nitrogens is 2. The maximum Gasteiger partial charge on any atom is 0.135 e. The number of aryl methyl sites for hydroxylation is 6. The number of benzene rings is 8. The molecule has 0 unspecified atom stereocenters. The second kappa shape index (κ2) is 17.5. The molecule has 6 nitrogen and oxygen atoms in total. The van der Waals surface area contributed by atoms with Crippen LogP contribution in [0.4, 0.5) is 22.7 Å². The van der Waals surface area contributed by atoms with Crippen LogP contribution in [0.15, 0.2) is 156 Å². The Hall–Kier alpha value is -7.40. The molecule has 0 saturated heterocycles. The van der Waals surface area contributed by atoms with Crippen molar-refractivity contribution in [2.45, 2.75) is 67.7 Å². The van der Waals surface area contributed by atoms with Gasteiger partial charge in [0.1, 0.15) is 17.0 Å². The first kappa shape index (κ1) is 46.0. The van der Waals surface area contributed by atoms with E-state index in [1.807, 2.05) is 36.5 Å². The molecule has 0 N–H and O–H groups in total. The van der Waals surface area contributed by atoms with Crippen molar-refractivity contribution in [3.63, 3.8) is 0 Å². The van der Waals surface area contributed by atoms with Crippen LogP contribution >= 0.6 is 0 Å². The average Bonchev–Trinajstić information content (AvgIpc) is 4.01. The van der Waals surface area contributed by atoms with Crippen molar-refractivity contribution in [1.29, 1.82) is 0 Å². The van der Waals surface area contributed by atoms with Gasteiger partial charge in [0.15, 0.2) is 0 Å². The SMILES string of the molecule is Cc1cc(C)c(-c2cccc(-c3c(C)cc(C)cc3C)c2N2[CH-]N(c3[c-]c(Oc4[c-]c5c(cc4)c4c6oc7ccccc7c6ccc4n5-c4cc(C(C)(C)C)ccn4)ccc3)c3ccccc32)c(C)c1.[Pt]. The second-order valence-electron chi connectivity index (χ2n) is 20.1.